The van der Waals surface area contributed by atoms with Crippen LogP contribution in [0.25, 0.3) is 0 Å². The van der Waals surface area contributed by atoms with Gasteiger partial charge in [-0.2, -0.15) is 0 Å². The van der Waals surface area contributed by atoms with Gasteiger partial charge in [0.05, 0.1) is 12.5 Å². The van der Waals surface area contributed by atoms with Crippen molar-refractivity contribution in [2.45, 2.75) is 12.5 Å². The molecule has 5 heteroatoms. The third-order valence-electron chi connectivity index (χ3n) is 2.23. The highest BCUT2D eigenvalue weighted by atomic mass is 35.5. The van der Waals surface area contributed by atoms with Crippen LogP contribution in [0, 0.1) is 0 Å². The zero-order valence-corrected chi connectivity index (χ0v) is 8.54. The molecule has 0 radical (unpaired) electrons. The highest BCUT2D eigenvalue weighted by Gasteiger charge is 2.26. The highest BCUT2D eigenvalue weighted by Crippen LogP contribution is 2.25. The minimum Gasteiger partial charge on any atom is -0.330 e. The lowest BCUT2D eigenvalue weighted by Crippen LogP contribution is -2.48. The summed E-state index contributed by atoms with van der Waals surface area (Å²) in [4.78, 5) is 22.2. The number of carbonyl (C=O) groups is 2. The van der Waals surface area contributed by atoms with Gasteiger partial charge in [-0.1, -0.05) is 29.8 Å². The summed E-state index contributed by atoms with van der Waals surface area (Å²) in [5.41, 5.74) is 0.766. The lowest BCUT2D eigenvalue weighted by molar-refractivity contribution is -0.121. The van der Waals surface area contributed by atoms with Crippen molar-refractivity contribution in [2.75, 3.05) is 0 Å². The number of benzene rings is 1. The molecule has 1 saturated heterocycles. The Morgan fingerprint density at radius 1 is 1.27 bits per heavy atom. The van der Waals surface area contributed by atoms with Crippen LogP contribution in [0.4, 0.5) is 4.79 Å². The minimum atomic E-state index is -0.476. The van der Waals surface area contributed by atoms with Crippen molar-refractivity contribution in [2.24, 2.45) is 0 Å². The van der Waals surface area contributed by atoms with Gasteiger partial charge in [-0.3, -0.25) is 10.1 Å². The number of amides is 3. The molecule has 3 amide bonds. The van der Waals surface area contributed by atoms with E-state index in [0.717, 1.165) is 5.56 Å². The first-order chi connectivity index (χ1) is 7.16. The van der Waals surface area contributed by atoms with Gasteiger partial charge in [0.2, 0.25) is 5.91 Å². The van der Waals surface area contributed by atoms with Crippen LogP contribution in [0.15, 0.2) is 24.3 Å². The Morgan fingerprint density at radius 3 is 2.67 bits per heavy atom. The summed E-state index contributed by atoms with van der Waals surface area (Å²) >= 11 is 5.97. The molecule has 2 rings (SSSR count). The largest absolute Gasteiger partial charge is 0.330 e. The average Bonchev–Trinajstić information content (AvgIpc) is 2.16. The number of imide groups is 1. The number of carbonyl (C=O) groups excluding carboxylic acids is 2. The number of urea groups is 1. The van der Waals surface area contributed by atoms with Gasteiger partial charge in [-0.05, 0) is 11.6 Å². The predicted octanol–water partition coefficient (Wildman–Crippen LogP) is 1.61. The standard InChI is InChI=1S/C10H9ClN2O2/c11-7-4-2-1-3-6(7)8-5-9(14)13-10(15)12-8/h1-4,8H,5H2,(H2,12,13,14,15)/t8-/m0/s1. The van der Waals surface area contributed by atoms with E-state index < -0.39 is 6.03 Å². The van der Waals surface area contributed by atoms with E-state index in [-0.39, 0.29) is 18.4 Å². The first-order valence-electron chi connectivity index (χ1n) is 4.51. The van der Waals surface area contributed by atoms with E-state index in [1.54, 1.807) is 18.2 Å². The van der Waals surface area contributed by atoms with E-state index in [4.69, 9.17) is 11.6 Å². The fourth-order valence-corrected chi connectivity index (χ4v) is 1.82. The summed E-state index contributed by atoms with van der Waals surface area (Å²) in [5.74, 6) is -0.288. The summed E-state index contributed by atoms with van der Waals surface area (Å²) in [6.45, 7) is 0. The van der Waals surface area contributed by atoms with Gasteiger partial charge in [-0.15, -0.1) is 0 Å². The molecule has 1 heterocycles. The Balaban J connectivity index is 2.27. The Hall–Kier alpha value is -1.55. The van der Waals surface area contributed by atoms with Crippen LogP contribution in [-0.4, -0.2) is 11.9 Å². The zero-order chi connectivity index (χ0) is 10.8. The van der Waals surface area contributed by atoms with Crippen molar-refractivity contribution in [3.63, 3.8) is 0 Å². The van der Waals surface area contributed by atoms with Gasteiger partial charge in [0.1, 0.15) is 0 Å². The van der Waals surface area contributed by atoms with Crippen LogP contribution in [-0.2, 0) is 4.79 Å². The van der Waals surface area contributed by atoms with Crippen molar-refractivity contribution in [1.29, 1.82) is 0 Å². The molecular weight excluding hydrogens is 216 g/mol. The molecule has 1 aromatic carbocycles. The molecule has 15 heavy (non-hydrogen) atoms. The molecule has 0 aliphatic carbocycles. The molecule has 0 aromatic heterocycles. The number of nitrogens with one attached hydrogen (secondary N) is 2. The highest BCUT2D eigenvalue weighted by molar-refractivity contribution is 6.31. The van der Waals surface area contributed by atoms with Gasteiger partial charge < -0.3 is 5.32 Å². The molecule has 1 aliphatic rings. The second-order valence-corrected chi connectivity index (χ2v) is 3.71. The normalized spacial score (nSPS) is 20.7. The monoisotopic (exact) mass is 224 g/mol. The first-order valence-corrected chi connectivity index (χ1v) is 4.89. The summed E-state index contributed by atoms with van der Waals surface area (Å²) in [5, 5.41) is 5.37. The smallest absolute Gasteiger partial charge is 0.321 e. The van der Waals surface area contributed by atoms with Gasteiger partial charge in [0.25, 0.3) is 0 Å². The number of hydrogen-bond donors (Lipinski definition) is 2. The molecule has 0 bridgehead atoms. The minimum absolute atomic E-state index is 0.218. The summed E-state index contributed by atoms with van der Waals surface area (Å²) in [7, 11) is 0. The zero-order valence-electron chi connectivity index (χ0n) is 7.79. The molecule has 1 aliphatic heterocycles. The van der Waals surface area contributed by atoms with Crippen LogP contribution in [0.5, 0.6) is 0 Å². The van der Waals surface area contributed by atoms with Gasteiger partial charge in [0.15, 0.2) is 0 Å². The van der Waals surface area contributed by atoms with E-state index in [0.29, 0.717) is 5.02 Å². The Morgan fingerprint density at radius 2 is 2.00 bits per heavy atom. The summed E-state index contributed by atoms with van der Waals surface area (Å²) < 4.78 is 0. The maximum absolute atomic E-state index is 11.2. The molecule has 0 saturated carbocycles. The maximum Gasteiger partial charge on any atom is 0.321 e. The van der Waals surface area contributed by atoms with Gasteiger partial charge in [-0.25, -0.2) is 4.79 Å². The van der Waals surface area contributed by atoms with Crippen LogP contribution >= 0.6 is 11.6 Å². The molecule has 2 N–H and O–H groups in total. The second kappa shape index (κ2) is 3.90. The van der Waals surface area contributed by atoms with Crippen molar-refractivity contribution in [1.82, 2.24) is 10.6 Å². The number of halogens is 1. The molecule has 1 atom stereocenters. The van der Waals surface area contributed by atoms with Gasteiger partial charge >= 0.3 is 6.03 Å². The number of hydrogen-bond acceptors (Lipinski definition) is 2. The molecule has 78 valence electrons. The third-order valence-corrected chi connectivity index (χ3v) is 2.57. The SMILES string of the molecule is O=C1C[C@@H](c2ccccc2Cl)NC(=O)N1. The lowest BCUT2D eigenvalue weighted by Gasteiger charge is -2.24. The van der Waals surface area contributed by atoms with Crippen LogP contribution in [0.3, 0.4) is 0 Å². The summed E-state index contributed by atoms with van der Waals surface area (Å²) in [6, 6.07) is 6.34. The quantitative estimate of drug-likeness (QED) is 0.762. The molecule has 4 nitrogen and oxygen atoms in total. The maximum atomic E-state index is 11.2. The van der Waals surface area contributed by atoms with Crippen LogP contribution < -0.4 is 10.6 Å². The molecule has 0 spiro atoms. The Labute approximate surface area is 91.6 Å². The number of rotatable bonds is 1. The topological polar surface area (TPSA) is 58.2 Å². The van der Waals surface area contributed by atoms with E-state index in [9.17, 15) is 9.59 Å². The molecule has 1 aromatic rings. The molecule has 0 unspecified atom stereocenters. The van der Waals surface area contributed by atoms with Crippen molar-refractivity contribution in [3.8, 4) is 0 Å². The van der Waals surface area contributed by atoms with Crippen molar-refractivity contribution < 1.29 is 9.59 Å². The predicted molar refractivity (Wildman–Crippen MR) is 55.5 cm³/mol. The lowest BCUT2D eigenvalue weighted by atomic mass is 10.0. The molecular formula is C10H9ClN2O2. The average molecular weight is 225 g/mol. The fraction of sp³-hybridized carbons (Fsp3) is 0.200. The fourth-order valence-electron chi connectivity index (χ4n) is 1.55. The Kier molecular flexibility index (Phi) is 2.60. The third kappa shape index (κ3) is 2.10. The van der Waals surface area contributed by atoms with Crippen LogP contribution in [0.2, 0.25) is 5.02 Å². The first kappa shape index (κ1) is 9.98. The molecule has 1 fully saturated rings. The van der Waals surface area contributed by atoms with Crippen LogP contribution in [0.1, 0.15) is 18.0 Å². The second-order valence-electron chi connectivity index (χ2n) is 3.30. The van der Waals surface area contributed by atoms with Crippen molar-refractivity contribution in [3.05, 3.63) is 34.9 Å². The van der Waals surface area contributed by atoms with Gasteiger partial charge in [0, 0.05) is 5.02 Å². The van der Waals surface area contributed by atoms with E-state index in [1.807, 2.05) is 6.07 Å². The van der Waals surface area contributed by atoms with E-state index in [1.165, 1.54) is 0 Å². The van der Waals surface area contributed by atoms with Crippen molar-refractivity contribution >= 4 is 23.5 Å². The van der Waals surface area contributed by atoms with E-state index in [2.05, 4.69) is 10.6 Å². The van der Waals surface area contributed by atoms with E-state index >= 15 is 0 Å². The Bertz CT molecular complexity index is 404. The summed E-state index contributed by atoms with van der Waals surface area (Å²) in [6.07, 6.45) is 0.218.